The fourth-order valence-electron chi connectivity index (χ4n) is 1.33. The SMILES string of the molecule is [K+].[O-]CCN1CCCC(F)C1. The summed E-state index contributed by atoms with van der Waals surface area (Å²) in [5.74, 6) is 0. The Morgan fingerprint density at radius 1 is 1.55 bits per heavy atom. The van der Waals surface area contributed by atoms with E-state index < -0.39 is 6.17 Å². The Labute approximate surface area is 110 Å². The summed E-state index contributed by atoms with van der Waals surface area (Å²) in [4.78, 5) is 1.90. The molecular weight excluding hydrogens is 172 g/mol. The average Bonchev–Trinajstić information content (AvgIpc) is 1.88. The first-order valence-corrected chi connectivity index (χ1v) is 3.77. The first kappa shape index (κ1) is 12.5. The van der Waals surface area contributed by atoms with E-state index in [1.54, 1.807) is 0 Å². The van der Waals surface area contributed by atoms with Gasteiger partial charge in [0.25, 0.3) is 0 Å². The van der Waals surface area contributed by atoms with E-state index in [1.807, 2.05) is 4.90 Å². The van der Waals surface area contributed by atoms with Gasteiger partial charge in [-0.15, -0.1) is 6.61 Å². The minimum atomic E-state index is -0.694. The molecule has 2 nitrogen and oxygen atoms in total. The zero-order valence-corrected chi connectivity index (χ0v) is 10.2. The van der Waals surface area contributed by atoms with Crippen molar-refractivity contribution in [3.05, 3.63) is 0 Å². The number of piperidine rings is 1. The van der Waals surface area contributed by atoms with Crippen LogP contribution in [0.1, 0.15) is 12.8 Å². The van der Waals surface area contributed by atoms with Gasteiger partial charge < -0.3 is 10.0 Å². The summed E-state index contributed by atoms with van der Waals surface area (Å²) in [6.45, 7) is 1.79. The fourth-order valence-corrected chi connectivity index (χ4v) is 1.33. The summed E-state index contributed by atoms with van der Waals surface area (Å²) in [6, 6.07) is 0. The molecule has 1 atom stereocenters. The average molecular weight is 185 g/mol. The van der Waals surface area contributed by atoms with E-state index in [1.165, 1.54) is 0 Å². The van der Waals surface area contributed by atoms with E-state index in [9.17, 15) is 9.50 Å². The number of hydrogen-bond acceptors (Lipinski definition) is 2. The molecule has 0 spiro atoms. The Balaban J connectivity index is 0.000001000. The van der Waals surface area contributed by atoms with Crippen LogP contribution in [0.3, 0.4) is 0 Å². The smallest absolute Gasteiger partial charge is 0.854 e. The third-order valence-corrected chi connectivity index (χ3v) is 1.86. The zero-order chi connectivity index (χ0) is 7.40. The van der Waals surface area contributed by atoms with Crippen LogP contribution in [-0.4, -0.2) is 37.3 Å². The predicted molar refractivity (Wildman–Crippen MR) is 35.4 cm³/mol. The van der Waals surface area contributed by atoms with Crippen LogP contribution in [0, 0.1) is 0 Å². The molecule has 11 heavy (non-hydrogen) atoms. The van der Waals surface area contributed by atoms with Crippen LogP contribution in [-0.2, 0) is 0 Å². The van der Waals surface area contributed by atoms with E-state index in [4.69, 9.17) is 0 Å². The van der Waals surface area contributed by atoms with Crippen LogP contribution in [0.5, 0.6) is 0 Å². The maximum Gasteiger partial charge on any atom is 1.00 e. The fraction of sp³-hybridized carbons (Fsp3) is 1.00. The van der Waals surface area contributed by atoms with Crippen molar-refractivity contribution in [3.63, 3.8) is 0 Å². The Morgan fingerprint density at radius 3 is 2.82 bits per heavy atom. The number of hydrogen-bond donors (Lipinski definition) is 0. The van der Waals surface area contributed by atoms with Crippen LogP contribution in [0.2, 0.25) is 0 Å². The Hall–Kier alpha value is 1.49. The van der Waals surface area contributed by atoms with Gasteiger partial charge in [0.1, 0.15) is 6.17 Å². The summed E-state index contributed by atoms with van der Waals surface area (Å²) in [5.41, 5.74) is 0. The molecule has 0 aromatic rings. The molecule has 0 radical (unpaired) electrons. The second-order valence-corrected chi connectivity index (χ2v) is 2.74. The second kappa shape index (κ2) is 6.94. The van der Waals surface area contributed by atoms with Gasteiger partial charge in [0.2, 0.25) is 0 Å². The predicted octanol–water partition coefficient (Wildman–Crippen LogP) is -3.22. The number of nitrogens with zero attached hydrogens (tertiary/aromatic N) is 1. The van der Waals surface area contributed by atoms with Gasteiger partial charge in [-0.3, -0.25) is 0 Å². The molecule has 0 N–H and O–H groups in total. The molecule has 1 aliphatic rings. The molecule has 0 amide bonds. The molecule has 1 fully saturated rings. The second-order valence-electron chi connectivity index (χ2n) is 2.74. The Kier molecular flexibility index (Phi) is 7.88. The van der Waals surface area contributed by atoms with Crippen molar-refractivity contribution in [2.75, 3.05) is 26.2 Å². The largest absolute Gasteiger partial charge is 1.00 e. The van der Waals surface area contributed by atoms with Crippen molar-refractivity contribution in [2.24, 2.45) is 0 Å². The summed E-state index contributed by atoms with van der Waals surface area (Å²) in [5, 5.41) is 10.1. The number of alkyl halides is 1. The van der Waals surface area contributed by atoms with E-state index in [0.717, 1.165) is 13.0 Å². The first-order chi connectivity index (χ1) is 4.83. The number of rotatable bonds is 2. The number of halogens is 1. The molecule has 1 heterocycles. The third kappa shape index (κ3) is 4.93. The molecule has 0 bridgehead atoms. The molecule has 1 saturated heterocycles. The van der Waals surface area contributed by atoms with Gasteiger partial charge in [-0.25, -0.2) is 4.39 Å². The zero-order valence-electron chi connectivity index (χ0n) is 7.05. The minimum absolute atomic E-state index is 0. The molecule has 1 rings (SSSR count). The van der Waals surface area contributed by atoms with E-state index in [-0.39, 0.29) is 58.0 Å². The third-order valence-electron chi connectivity index (χ3n) is 1.86. The van der Waals surface area contributed by atoms with Crippen molar-refractivity contribution in [3.8, 4) is 0 Å². The molecule has 0 aromatic carbocycles. The van der Waals surface area contributed by atoms with Gasteiger partial charge in [0.05, 0.1) is 0 Å². The molecule has 60 valence electrons. The maximum absolute atomic E-state index is 12.6. The van der Waals surface area contributed by atoms with Gasteiger partial charge in [-0.1, -0.05) is 0 Å². The van der Waals surface area contributed by atoms with Gasteiger partial charge in [-0.05, 0) is 25.9 Å². The van der Waals surface area contributed by atoms with Gasteiger partial charge in [-0.2, -0.15) is 0 Å². The van der Waals surface area contributed by atoms with Crippen LogP contribution >= 0.6 is 0 Å². The van der Waals surface area contributed by atoms with E-state index in [2.05, 4.69) is 0 Å². The van der Waals surface area contributed by atoms with Crippen molar-refractivity contribution in [1.29, 1.82) is 0 Å². The topological polar surface area (TPSA) is 26.3 Å². The summed E-state index contributed by atoms with van der Waals surface area (Å²) < 4.78 is 12.6. The van der Waals surface area contributed by atoms with Crippen molar-refractivity contribution in [2.45, 2.75) is 19.0 Å². The molecule has 0 aromatic heterocycles. The van der Waals surface area contributed by atoms with Gasteiger partial charge >= 0.3 is 51.4 Å². The first-order valence-electron chi connectivity index (χ1n) is 3.77. The Morgan fingerprint density at radius 2 is 2.27 bits per heavy atom. The normalized spacial score (nSPS) is 26.2. The van der Waals surface area contributed by atoms with Crippen LogP contribution in [0.4, 0.5) is 4.39 Å². The van der Waals surface area contributed by atoms with Crippen molar-refractivity contribution in [1.82, 2.24) is 4.90 Å². The summed E-state index contributed by atoms with van der Waals surface area (Å²) in [7, 11) is 0. The monoisotopic (exact) mass is 185 g/mol. The molecule has 1 aliphatic heterocycles. The molecular formula is C7H13FKNO. The quantitative estimate of drug-likeness (QED) is 0.423. The summed E-state index contributed by atoms with van der Waals surface area (Å²) in [6.07, 6.45) is 0.886. The van der Waals surface area contributed by atoms with Crippen molar-refractivity contribution >= 4 is 0 Å². The van der Waals surface area contributed by atoms with E-state index in [0.29, 0.717) is 19.5 Å². The van der Waals surface area contributed by atoms with Crippen LogP contribution in [0.25, 0.3) is 0 Å². The Bertz CT molecular complexity index is 102. The molecule has 0 saturated carbocycles. The van der Waals surface area contributed by atoms with Crippen molar-refractivity contribution < 1.29 is 60.9 Å². The van der Waals surface area contributed by atoms with Crippen LogP contribution in [0.15, 0.2) is 0 Å². The molecule has 1 unspecified atom stereocenters. The van der Waals surface area contributed by atoms with Crippen LogP contribution < -0.4 is 56.5 Å². The number of likely N-dealkylation sites (tertiary alicyclic amines) is 1. The van der Waals surface area contributed by atoms with Gasteiger partial charge in [0.15, 0.2) is 0 Å². The standard InChI is InChI=1S/C7H13FNO.K/c8-7-2-1-3-9(6-7)4-5-10;/h7H,1-6H2;/q-1;+1. The maximum atomic E-state index is 12.6. The van der Waals surface area contributed by atoms with Gasteiger partial charge in [0, 0.05) is 6.54 Å². The molecule has 4 heteroatoms. The van der Waals surface area contributed by atoms with E-state index >= 15 is 0 Å². The summed E-state index contributed by atoms with van der Waals surface area (Å²) >= 11 is 0. The minimum Gasteiger partial charge on any atom is -0.854 e. The molecule has 0 aliphatic carbocycles.